The minimum atomic E-state index is -0.288. The Morgan fingerprint density at radius 3 is 2.59 bits per heavy atom. The van der Waals surface area contributed by atoms with Gasteiger partial charge in [0.1, 0.15) is 5.82 Å². The monoisotopic (exact) mass is 400 g/mol. The van der Waals surface area contributed by atoms with Crippen molar-refractivity contribution >= 4 is 45.6 Å². The third kappa shape index (κ3) is 4.56. The Bertz CT molecular complexity index is 990. The van der Waals surface area contributed by atoms with Gasteiger partial charge in [0.25, 0.3) is 0 Å². The van der Waals surface area contributed by atoms with Crippen molar-refractivity contribution in [2.45, 2.75) is 13.8 Å². The van der Waals surface area contributed by atoms with Crippen LogP contribution in [-0.4, -0.2) is 23.2 Å². The van der Waals surface area contributed by atoms with Crippen molar-refractivity contribution in [3.05, 3.63) is 64.2 Å². The highest BCUT2D eigenvalue weighted by atomic mass is 32.1. The SMILES string of the molecule is CCN(C(C)=O)c1nc(C=CC(=O)c2ccc(-c3ccc(F)cc3)s2)cs1. The van der Waals surface area contributed by atoms with E-state index < -0.39 is 0 Å². The van der Waals surface area contributed by atoms with E-state index in [1.54, 1.807) is 29.2 Å². The molecule has 4 nitrogen and oxygen atoms in total. The molecular weight excluding hydrogens is 383 g/mol. The number of ketones is 1. The second kappa shape index (κ2) is 8.37. The zero-order valence-corrected chi connectivity index (χ0v) is 16.4. The van der Waals surface area contributed by atoms with Crippen LogP contribution in [0, 0.1) is 5.82 Å². The number of thiazole rings is 1. The molecule has 138 valence electrons. The van der Waals surface area contributed by atoms with Gasteiger partial charge in [-0.3, -0.25) is 14.5 Å². The molecule has 3 aromatic rings. The van der Waals surface area contributed by atoms with Crippen LogP contribution in [0.2, 0.25) is 0 Å². The van der Waals surface area contributed by atoms with Gasteiger partial charge in [0.2, 0.25) is 5.91 Å². The van der Waals surface area contributed by atoms with Crippen molar-refractivity contribution in [1.29, 1.82) is 0 Å². The molecule has 0 aliphatic heterocycles. The number of anilines is 1. The molecule has 0 N–H and O–H groups in total. The smallest absolute Gasteiger partial charge is 0.225 e. The number of halogens is 1. The fourth-order valence-electron chi connectivity index (χ4n) is 2.45. The normalized spacial score (nSPS) is 11.1. The van der Waals surface area contributed by atoms with E-state index >= 15 is 0 Å². The van der Waals surface area contributed by atoms with Crippen LogP contribution in [0.15, 0.2) is 47.9 Å². The van der Waals surface area contributed by atoms with E-state index in [0.29, 0.717) is 22.2 Å². The summed E-state index contributed by atoms with van der Waals surface area (Å²) in [7, 11) is 0. The molecule has 0 radical (unpaired) electrons. The number of thiophene rings is 1. The topological polar surface area (TPSA) is 50.3 Å². The summed E-state index contributed by atoms with van der Waals surface area (Å²) in [5.41, 5.74) is 1.51. The number of hydrogen-bond donors (Lipinski definition) is 0. The lowest BCUT2D eigenvalue weighted by atomic mass is 10.2. The van der Waals surface area contributed by atoms with Crippen molar-refractivity contribution in [2.75, 3.05) is 11.4 Å². The number of rotatable bonds is 6. The molecule has 0 aliphatic carbocycles. The van der Waals surface area contributed by atoms with E-state index in [1.807, 2.05) is 18.4 Å². The molecule has 0 spiro atoms. The Kier molecular flexibility index (Phi) is 5.93. The second-order valence-corrected chi connectivity index (χ2v) is 7.61. The summed E-state index contributed by atoms with van der Waals surface area (Å²) >= 11 is 2.72. The quantitative estimate of drug-likeness (QED) is 0.418. The van der Waals surface area contributed by atoms with Gasteiger partial charge in [-0.05, 0) is 48.9 Å². The minimum Gasteiger partial charge on any atom is -0.289 e. The summed E-state index contributed by atoms with van der Waals surface area (Å²) in [4.78, 5) is 31.4. The van der Waals surface area contributed by atoms with Crippen LogP contribution in [0.5, 0.6) is 0 Å². The van der Waals surface area contributed by atoms with E-state index in [-0.39, 0.29) is 17.5 Å². The largest absolute Gasteiger partial charge is 0.289 e. The van der Waals surface area contributed by atoms with E-state index in [9.17, 15) is 14.0 Å². The van der Waals surface area contributed by atoms with Crippen LogP contribution in [-0.2, 0) is 4.79 Å². The number of hydrogen-bond acceptors (Lipinski definition) is 5. The molecule has 27 heavy (non-hydrogen) atoms. The van der Waals surface area contributed by atoms with Crippen molar-refractivity contribution in [3.8, 4) is 10.4 Å². The standard InChI is InChI=1S/C20H17FN2O2S2/c1-3-23(13(2)24)20-22-16(12-26-20)8-9-17(25)19-11-10-18(27-19)14-4-6-15(21)7-5-14/h4-12H,3H2,1-2H3. The molecule has 2 aromatic heterocycles. The maximum absolute atomic E-state index is 13.0. The van der Waals surface area contributed by atoms with Gasteiger partial charge in [0.15, 0.2) is 10.9 Å². The number of amides is 1. The van der Waals surface area contributed by atoms with Gasteiger partial charge < -0.3 is 0 Å². The first-order chi connectivity index (χ1) is 13.0. The Hall–Kier alpha value is -2.64. The van der Waals surface area contributed by atoms with Crippen LogP contribution in [0.4, 0.5) is 9.52 Å². The lowest BCUT2D eigenvalue weighted by Gasteiger charge is -2.14. The summed E-state index contributed by atoms with van der Waals surface area (Å²) in [5.74, 6) is -0.476. The molecule has 2 heterocycles. The van der Waals surface area contributed by atoms with Gasteiger partial charge in [-0.25, -0.2) is 9.37 Å². The number of carbonyl (C=O) groups excluding carboxylic acids is 2. The van der Waals surface area contributed by atoms with Crippen LogP contribution in [0.25, 0.3) is 16.5 Å². The van der Waals surface area contributed by atoms with Crippen molar-refractivity contribution in [1.82, 2.24) is 4.98 Å². The maximum atomic E-state index is 13.0. The van der Waals surface area contributed by atoms with Gasteiger partial charge in [0, 0.05) is 23.7 Å². The number of benzene rings is 1. The molecule has 0 fully saturated rings. The molecule has 0 saturated heterocycles. The van der Waals surface area contributed by atoms with Crippen molar-refractivity contribution in [2.24, 2.45) is 0 Å². The third-order valence-electron chi connectivity index (χ3n) is 3.82. The van der Waals surface area contributed by atoms with Crippen LogP contribution < -0.4 is 4.90 Å². The summed E-state index contributed by atoms with van der Waals surface area (Å²) in [5, 5.41) is 2.43. The van der Waals surface area contributed by atoms with Gasteiger partial charge in [-0.2, -0.15) is 0 Å². The summed E-state index contributed by atoms with van der Waals surface area (Å²) < 4.78 is 13.0. The van der Waals surface area contributed by atoms with Crippen LogP contribution in [0.1, 0.15) is 29.2 Å². The Labute approximate surface area is 164 Å². The van der Waals surface area contributed by atoms with Crippen molar-refractivity contribution in [3.63, 3.8) is 0 Å². The molecular formula is C20H17FN2O2S2. The molecule has 1 amide bonds. The zero-order valence-electron chi connectivity index (χ0n) is 14.8. The van der Waals surface area contributed by atoms with Crippen LogP contribution in [0.3, 0.4) is 0 Å². The average Bonchev–Trinajstić information content (AvgIpc) is 3.30. The fraction of sp³-hybridized carbons (Fsp3) is 0.150. The van der Waals surface area contributed by atoms with Gasteiger partial charge >= 0.3 is 0 Å². The molecule has 1 aromatic carbocycles. The highest BCUT2D eigenvalue weighted by Crippen LogP contribution is 2.29. The Morgan fingerprint density at radius 2 is 1.93 bits per heavy atom. The third-order valence-corrected chi connectivity index (χ3v) is 5.85. The molecule has 0 atom stereocenters. The summed E-state index contributed by atoms with van der Waals surface area (Å²) in [6.07, 6.45) is 3.12. The molecule has 7 heteroatoms. The predicted octanol–water partition coefficient (Wildman–Crippen LogP) is 5.28. The van der Waals surface area contributed by atoms with Gasteiger partial charge in [-0.1, -0.05) is 12.1 Å². The van der Waals surface area contributed by atoms with E-state index in [1.165, 1.54) is 47.8 Å². The Balaban J connectivity index is 1.71. The van der Waals surface area contributed by atoms with Crippen LogP contribution >= 0.6 is 22.7 Å². The highest BCUT2D eigenvalue weighted by Gasteiger charge is 2.13. The zero-order chi connectivity index (χ0) is 19.4. The van der Waals surface area contributed by atoms with Crippen molar-refractivity contribution < 1.29 is 14.0 Å². The lowest BCUT2D eigenvalue weighted by Crippen LogP contribution is -2.27. The number of carbonyl (C=O) groups is 2. The van der Waals surface area contributed by atoms with Gasteiger partial charge in [0.05, 0.1) is 10.6 Å². The van der Waals surface area contributed by atoms with Gasteiger partial charge in [-0.15, -0.1) is 22.7 Å². The molecule has 0 unspecified atom stereocenters. The summed E-state index contributed by atoms with van der Waals surface area (Å²) in [6.45, 7) is 3.93. The maximum Gasteiger partial charge on any atom is 0.225 e. The Morgan fingerprint density at radius 1 is 1.19 bits per heavy atom. The first-order valence-corrected chi connectivity index (χ1v) is 9.99. The number of nitrogens with zero attached hydrogens (tertiary/aromatic N) is 2. The number of allylic oxidation sites excluding steroid dienone is 1. The molecule has 0 saturated carbocycles. The molecule has 0 bridgehead atoms. The second-order valence-electron chi connectivity index (χ2n) is 5.69. The average molecular weight is 401 g/mol. The van der Waals surface area contributed by atoms with E-state index in [0.717, 1.165) is 10.4 Å². The fourth-order valence-corrected chi connectivity index (χ4v) is 4.28. The molecule has 0 aliphatic rings. The number of aromatic nitrogens is 1. The predicted molar refractivity (Wildman–Crippen MR) is 109 cm³/mol. The summed E-state index contributed by atoms with van der Waals surface area (Å²) in [6, 6.07) is 9.80. The highest BCUT2D eigenvalue weighted by molar-refractivity contribution is 7.17. The minimum absolute atomic E-state index is 0.0645. The first-order valence-electron chi connectivity index (χ1n) is 8.29. The van der Waals surface area contributed by atoms with E-state index in [2.05, 4.69) is 4.98 Å². The van der Waals surface area contributed by atoms with E-state index in [4.69, 9.17) is 0 Å². The first kappa shape index (κ1) is 19.1. The lowest BCUT2D eigenvalue weighted by molar-refractivity contribution is -0.116. The molecule has 3 rings (SSSR count).